The molecule has 0 aliphatic heterocycles. The summed E-state index contributed by atoms with van der Waals surface area (Å²) >= 11 is 0. The van der Waals surface area contributed by atoms with Crippen LogP contribution in [0.3, 0.4) is 0 Å². The lowest BCUT2D eigenvalue weighted by atomic mass is 9.99. The number of nitrogens with zero attached hydrogens (tertiary/aromatic N) is 4. The summed E-state index contributed by atoms with van der Waals surface area (Å²) in [5.41, 5.74) is 12.2. The Balaban J connectivity index is 1.16. The Morgan fingerprint density at radius 1 is 0.339 bits per heavy atom. The van der Waals surface area contributed by atoms with Gasteiger partial charge >= 0.3 is 0 Å². The van der Waals surface area contributed by atoms with Crippen LogP contribution in [0, 0.1) is 0 Å². The van der Waals surface area contributed by atoms with E-state index in [0.717, 1.165) is 66.5 Å². The molecule has 0 saturated carbocycles. The molecular weight excluding hydrogens is 685 g/mol. The Morgan fingerprint density at radius 2 is 0.875 bits per heavy atom. The van der Waals surface area contributed by atoms with Gasteiger partial charge in [-0.2, -0.15) is 0 Å². The maximum absolute atomic E-state index is 6.29. The third kappa shape index (κ3) is 5.29. The number of aromatic nitrogens is 4. The fourth-order valence-electron chi connectivity index (χ4n) is 8.07. The maximum atomic E-state index is 6.29. The molecule has 0 N–H and O–H groups in total. The summed E-state index contributed by atoms with van der Waals surface area (Å²) in [4.78, 5) is 15.4. The molecule has 0 fully saturated rings. The predicted octanol–water partition coefficient (Wildman–Crippen LogP) is 13.2. The average molecular weight is 717 g/mol. The second kappa shape index (κ2) is 13.0. The van der Waals surface area contributed by atoms with Gasteiger partial charge in [0.1, 0.15) is 11.2 Å². The molecule has 11 rings (SSSR count). The zero-order chi connectivity index (χ0) is 37.0. The number of hydrogen-bond donors (Lipinski definition) is 0. The van der Waals surface area contributed by atoms with Crippen molar-refractivity contribution in [3.8, 4) is 62.1 Å². The molecule has 0 aliphatic rings. The maximum Gasteiger partial charge on any atom is 0.164 e. The number of furan rings is 1. The highest BCUT2D eigenvalue weighted by atomic mass is 16.3. The van der Waals surface area contributed by atoms with Gasteiger partial charge in [-0.05, 0) is 53.1 Å². The van der Waals surface area contributed by atoms with E-state index in [9.17, 15) is 0 Å². The molecule has 262 valence electrons. The van der Waals surface area contributed by atoms with Crippen molar-refractivity contribution >= 4 is 43.7 Å². The van der Waals surface area contributed by atoms with Crippen molar-refractivity contribution in [1.82, 2.24) is 19.5 Å². The summed E-state index contributed by atoms with van der Waals surface area (Å²) in [6.45, 7) is 0. The van der Waals surface area contributed by atoms with E-state index in [1.807, 2.05) is 54.6 Å². The van der Waals surface area contributed by atoms with Crippen LogP contribution in [0.15, 0.2) is 199 Å². The van der Waals surface area contributed by atoms with Crippen LogP contribution in [-0.4, -0.2) is 19.5 Å². The fourth-order valence-corrected chi connectivity index (χ4v) is 8.07. The van der Waals surface area contributed by atoms with E-state index >= 15 is 0 Å². The van der Waals surface area contributed by atoms with E-state index in [2.05, 4.69) is 144 Å². The normalized spacial score (nSPS) is 11.6. The summed E-state index contributed by atoms with van der Waals surface area (Å²) in [5, 5.41) is 4.56. The molecule has 11 aromatic rings. The Labute approximate surface area is 322 Å². The topological polar surface area (TPSA) is 56.7 Å². The molecule has 56 heavy (non-hydrogen) atoms. The quantitative estimate of drug-likeness (QED) is 0.172. The molecule has 0 amide bonds. The lowest BCUT2D eigenvalue weighted by Crippen LogP contribution is -2.02. The fraction of sp³-hybridized carbons (Fsp3) is 0. The summed E-state index contributed by atoms with van der Waals surface area (Å²) < 4.78 is 8.69. The van der Waals surface area contributed by atoms with Crippen molar-refractivity contribution in [3.05, 3.63) is 194 Å². The monoisotopic (exact) mass is 716 g/mol. The van der Waals surface area contributed by atoms with Gasteiger partial charge < -0.3 is 8.98 Å². The first-order valence-corrected chi connectivity index (χ1v) is 18.8. The van der Waals surface area contributed by atoms with Crippen LogP contribution in [-0.2, 0) is 0 Å². The minimum absolute atomic E-state index is 0.578. The van der Waals surface area contributed by atoms with E-state index in [-0.39, 0.29) is 0 Å². The summed E-state index contributed by atoms with van der Waals surface area (Å²) in [6, 6.07) is 67.5. The van der Waals surface area contributed by atoms with E-state index in [4.69, 9.17) is 19.4 Å². The second-order valence-corrected chi connectivity index (χ2v) is 14.0. The van der Waals surface area contributed by atoms with Crippen molar-refractivity contribution < 1.29 is 4.42 Å². The molecular formula is C51H32N4O. The van der Waals surface area contributed by atoms with E-state index in [1.54, 1.807) is 0 Å². The highest BCUT2D eigenvalue weighted by Gasteiger charge is 2.21. The van der Waals surface area contributed by atoms with Crippen LogP contribution in [0.25, 0.3) is 106 Å². The van der Waals surface area contributed by atoms with Crippen molar-refractivity contribution in [2.45, 2.75) is 0 Å². The van der Waals surface area contributed by atoms with Gasteiger partial charge in [-0.25, -0.2) is 15.0 Å². The molecule has 0 aliphatic carbocycles. The molecule has 5 heteroatoms. The lowest BCUT2D eigenvalue weighted by Gasteiger charge is -2.16. The first-order chi connectivity index (χ1) is 27.8. The zero-order valence-corrected chi connectivity index (χ0v) is 30.2. The van der Waals surface area contributed by atoms with Gasteiger partial charge in [0.15, 0.2) is 17.5 Å². The minimum atomic E-state index is 0.578. The highest BCUT2D eigenvalue weighted by molar-refractivity contribution is 6.16. The van der Waals surface area contributed by atoms with Gasteiger partial charge in [0.2, 0.25) is 0 Å². The molecule has 3 heterocycles. The third-order valence-corrected chi connectivity index (χ3v) is 10.7. The van der Waals surface area contributed by atoms with E-state index < -0.39 is 0 Å². The average Bonchev–Trinajstić information content (AvgIpc) is 3.82. The Kier molecular flexibility index (Phi) is 7.42. The van der Waals surface area contributed by atoms with Crippen LogP contribution in [0.5, 0.6) is 0 Å². The summed E-state index contributed by atoms with van der Waals surface area (Å²) in [6.07, 6.45) is 0. The van der Waals surface area contributed by atoms with Crippen LogP contribution in [0.1, 0.15) is 0 Å². The number of benzene rings is 8. The summed E-state index contributed by atoms with van der Waals surface area (Å²) in [7, 11) is 0. The first-order valence-electron chi connectivity index (χ1n) is 18.8. The molecule has 0 bridgehead atoms. The first kappa shape index (κ1) is 31.9. The SMILES string of the molecule is c1ccc(-c2nc(-c3ccc(-c4ccccc4)c(-n4c5ccccc5c5c(-c6ccccc6)cccc54)c3)nc(-c3ccc4c(c3)oc3ccccc34)n2)cc1. The van der Waals surface area contributed by atoms with Crippen LogP contribution in [0.4, 0.5) is 0 Å². The van der Waals surface area contributed by atoms with Crippen LogP contribution in [0.2, 0.25) is 0 Å². The van der Waals surface area contributed by atoms with Crippen LogP contribution < -0.4 is 0 Å². The largest absolute Gasteiger partial charge is 0.456 e. The number of rotatable bonds is 6. The van der Waals surface area contributed by atoms with Gasteiger partial charge in [0.05, 0.1) is 16.7 Å². The van der Waals surface area contributed by atoms with Gasteiger partial charge in [0, 0.05) is 43.8 Å². The minimum Gasteiger partial charge on any atom is -0.456 e. The van der Waals surface area contributed by atoms with E-state index in [0.29, 0.717) is 17.5 Å². The van der Waals surface area contributed by atoms with Crippen molar-refractivity contribution in [2.75, 3.05) is 0 Å². The van der Waals surface area contributed by atoms with Gasteiger partial charge in [-0.15, -0.1) is 0 Å². The van der Waals surface area contributed by atoms with Gasteiger partial charge in [-0.3, -0.25) is 0 Å². The molecule has 0 spiro atoms. The molecule has 5 nitrogen and oxygen atoms in total. The number of fused-ring (bicyclic) bond motifs is 6. The summed E-state index contributed by atoms with van der Waals surface area (Å²) in [5.74, 6) is 1.77. The Hall–Kier alpha value is -7.63. The Morgan fingerprint density at radius 3 is 1.61 bits per heavy atom. The molecule has 3 aromatic heterocycles. The third-order valence-electron chi connectivity index (χ3n) is 10.7. The molecule has 0 unspecified atom stereocenters. The van der Waals surface area contributed by atoms with E-state index in [1.165, 1.54) is 21.9 Å². The van der Waals surface area contributed by atoms with Gasteiger partial charge in [-0.1, -0.05) is 158 Å². The van der Waals surface area contributed by atoms with Crippen molar-refractivity contribution in [3.63, 3.8) is 0 Å². The van der Waals surface area contributed by atoms with Crippen molar-refractivity contribution in [2.24, 2.45) is 0 Å². The smallest absolute Gasteiger partial charge is 0.164 e. The van der Waals surface area contributed by atoms with Crippen LogP contribution >= 0.6 is 0 Å². The molecule has 0 saturated heterocycles. The highest BCUT2D eigenvalue weighted by Crippen LogP contribution is 2.42. The molecule has 0 atom stereocenters. The molecule has 0 radical (unpaired) electrons. The number of para-hydroxylation sites is 2. The predicted molar refractivity (Wildman–Crippen MR) is 229 cm³/mol. The lowest BCUT2D eigenvalue weighted by molar-refractivity contribution is 0.669. The number of hydrogen-bond acceptors (Lipinski definition) is 4. The standard InChI is InChI=1S/C51H32N4O/c1-4-15-33(16-5-1)38-29-27-36(31-45(38)55-43-24-12-10-22-42(43)48-39(23-14-25-44(48)55)34-17-6-2-7-18-34)50-52-49(35-19-8-3-9-20-35)53-51(54-50)37-28-30-41-40-21-11-13-26-46(40)56-47(41)32-37/h1-32H. The van der Waals surface area contributed by atoms with Crippen molar-refractivity contribution in [1.29, 1.82) is 0 Å². The zero-order valence-electron chi connectivity index (χ0n) is 30.2. The molecule has 8 aromatic carbocycles. The Bertz CT molecular complexity index is 3240. The van der Waals surface area contributed by atoms with Gasteiger partial charge in [0.25, 0.3) is 0 Å². The second-order valence-electron chi connectivity index (χ2n) is 14.0.